The van der Waals surface area contributed by atoms with Crippen LogP contribution >= 0.6 is 0 Å². The Morgan fingerprint density at radius 2 is 2.00 bits per heavy atom. The molecule has 1 heterocycles. The molecule has 1 atom stereocenters. The first-order valence-electron chi connectivity index (χ1n) is 7.90. The Hall–Kier alpha value is -2.69. The fourth-order valence-electron chi connectivity index (χ4n) is 2.64. The molecule has 0 aromatic heterocycles. The molecule has 2 aromatic carbocycles. The average molecular weight is 327 g/mol. The van der Waals surface area contributed by atoms with Gasteiger partial charge in [-0.05, 0) is 49.2 Å². The molecule has 0 radical (unpaired) electrons. The van der Waals surface area contributed by atoms with Crippen LogP contribution in [0.25, 0.3) is 0 Å². The SMILES string of the molecule is Cc1cccc(OC(C)C(=O)N(C)Cc2ccc3c(c2)OCO3)c1. The summed E-state index contributed by atoms with van der Waals surface area (Å²) in [5.74, 6) is 2.09. The topological polar surface area (TPSA) is 48.0 Å². The Kier molecular flexibility index (Phi) is 4.60. The van der Waals surface area contributed by atoms with Crippen LogP contribution in [0.2, 0.25) is 0 Å². The molecule has 0 fully saturated rings. The number of likely N-dealkylation sites (N-methyl/N-ethyl adjacent to an activating group) is 1. The Bertz CT molecular complexity index is 744. The van der Waals surface area contributed by atoms with Crippen molar-refractivity contribution >= 4 is 5.91 Å². The molecule has 0 N–H and O–H groups in total. The number of benzene rings is 2. The maximum Gasteiger partial charge on any atom is 0.263 e. The maximum absolute atomic E-state index is 12.5. The number of carbonyl (C=O) groups is 1. The van der Waals surface area contributed by atoms with Crippen LogP contribution in [0, 0.1) is 6.92 Å². The molecular formula is C19H21NO4. The Morgan fingerprint density at radius 1 is 1.21 bits per heavy atom. The number of hydrogen-bond donors (Lipinski definition) is 0. The molecule has 0 bridgehead atoms. The van der Waals surface area contributed by atoms with Gasteiger partial charge in [-0.2, -0.15) is 0 Å². The lowest BCUT2D eigenvalue weighted by molar-refractivity contribution is -0.137. The Labute approximate surface area is 141 Å². The largest absolute Gasteiger partial charge is 0.481 e. The first-order chi connectivity index (χ1) is 11.5. The molecule has 2 aromatic rings. The van der Waals surface area contributed by atoms with Gasteiger partial charge in [0.1, 0.15) is 5.75 Å². The number of hydrogen-bond acceptors (Lipinski definition) is 4. The van der Waals surface area contributed by atoms with E-state index in [9.17, 15) is 4.79 Å². The van der Waals surface area contributed by atoms with Crippen molar-refractivity contribution in [1.82, 2.24) is 4.90 Å². The minimum absolute atomic E-state index is 0.0748. The highest BCUT2D eigenvalue weighted by Crippen LogP contribution is 2.32. The predicted molar refractivity (Wildman–Crippen MR) is 90.3 cm³/mol. The molecule has 24 heavy (non-hydrogen) atoms. The maximum atomic E-state index is 12.5. The van der Waals surface area contributed by atoms with E-state index in [1.165, 1.54) is 0 Å². The van der Waals surface area contributed by atoms with Gasteiger partial charge in [-0.15, -0.1) is 0 Å². The molecule has 126 valence electrons. The quantitative estimate of drug-likeness (QED) is 0.846. The van der Waals surface area contributed by atoms with Crippen molar-refractivity contribution in [2.24, 2.45) is 0 Å². The highest BCUT2D eigenvalue weighted by Gasteiger charge is 2.20. The van der Waals surface area contributed by atoms with E-state index in [0.717, 1.165) is 22.6 Å². The van der Waals surface area contributed by atoms with E-state index < -0.39 is 6.10 Å². The van der Waals surface area contributed by atoms with Gasteiger partial charge in [0.25, 0.3) is 5.91 Å². The second kappa shape index (κ2) is 6.83. The third-order valence-corrected chi connectivity index (χ3v) is 3.88. The molecule has 0 saturated carbocycles. The summed E-state index contributed by atoms with van der Waals surface area (Å²) in [6.45, 7) is 4.48. The first kappa shape index (κ1) is 16.2. The molecular weight excluding hydrogens is 306 g/mol. The monoisotopic (exact) mass is 327 g/mol. The van der Waals surface area contributed by atoms with Crippen LogP contribution in [0.4, 0.5) is 0 Å². The molecule has 1 aliphatic heterocycles. The summed E-state index contributed by atoms with van der Waals surface area (Å²) < 4.78 is 16.4. The van der Waals surface area contributed by atoms with Crippen LogP contribution < -0.4 is 14.2 Å². The van der Waals surface area contributed by atoms with E-state index in [0.29, 0.717) is 12.3 Å². The van der Waals surface area contributed by atoms with Gasteiger partial charge in [-0.1, -0.05) is 18.2 Å². The fourth-order valence-corrected chi connectivity index (χ4v) is 2.64. The summed E-state index contributed by atoms with van der Waals surface area (Å²) >= 11 is 0. The summed E-state index contributed by atoms with van der Waals surface area (Å²) in [6.07, 6.45) is -0.550. The summed E-state index contributed by atoms with van der Waals surface area (Å²) in [6, 6.07) is 13.4. The lowest BCUT2D eigenvalue weighted by Gasteiger charge is -2.22. The summed E-state index contributed by atoms with van der Waals surface area (Å²) in [4.78, 5) is 14.2. The molecule has 1 amide bonds. The Morgan fingerprint density at radius 3 is 2.79 bits per heavy atom. The number of carbonyl (C=O) groups excluding carboxylic acids is 1. The third-order valence-electron chi connectivity index (χ3n) is 3.88. The minimum Gasteiger partial charge on any atom is -0.481 e. The zero-order valence-electron chi connectivity index (χ0n) is 14.1. The van der Waals surface area contributed by atoms with Crippen LogP contribution in [0.15, 0.2) is 42.5 Å². The molecule has 3 rings (SSSR count). The van der Waals surface area contributed by atoms with Crippen molar-refractivity contribution in [3.63, 3.8) is 0 Å². The Balaban J connectivity index is 1.61. The van der Waals surface area contributed by atoms with Gasteiger partial charge in [0.05, 0.1) is 0 Å². The molecule has 1 aliphatic rings. The number of aryl methyl sites for hydroxylation is 1. The smallest absolute Gasteiger partial charge is 0.263 e. The standard InChI is InChI=1S/C19H21NO4/c1-13-5-4-6-16(9-13)24-14(2)19(21)20(3)11-15-7-8-17-18(10-15)23-12-22-17/h4-10,14H,11-12H2,1-3H3. The summed E-state index contributed by atoms with van der Waals surface area (Å²) in [7, 11) is 1.77. The number of amides is 1. The predicted octanol–water partition coefficient (Wildman–Crippen LogP) is 3.15. The van der Waals surface area contributed by atoms with Crippen molar-refractivity contribution in [2.75, 3.05) is 13.8 Å². The number of ether oxygens (including phenoxy) is 3. The highest BCUT2D eigenvalue weighted by molar-refractivity contribution is 5.80. The van der Waals surface area contributed by atoms with Gasteiger partial charge < -0.3 is 19.1 Å². The van der Waals surface area contributed by atoms with Gasteiger partial charge in [0.2, 0.25) is 6.79 Å². The number of rotatable bonds is 5. The van der Waals surface area contributed by atoms with E-state index in [4.69, 9.17) is 14.2 Å². The number of fused-ring (bicyclic) bond motifs is 1. The second-order valence-corrected chi connectivity index (χ2v) is 5.96. The third kappa shape index (κ3) is 3.62. The minimum atomic E-state index is -0.550. The lowest BCUT2D eigenvalue weighted by atomic mass is 10.2. The summed E-state index contributed by atoms with van der Waals surface area (Å²) in [5.41, 5.74) is 2.08. The van der Waals surface area contributed by atoms with E-state index in [2.05, 4.69) is 0 Å². The summed E-state index contributed by atoms with van der Waals surface area (Å²) in [5, 5.41) is 0. The fraction of sp³-hybridized carbons (Fsp3) is 0.316. The number of nitrogens with zero attached hydrogens (tertiary/aromatic N) is 1. The molecule has 1 unspecified atom stereocenters. The molecule has 0 saturated heterocycles. The van der Waals surface area contributed by atoms with Crippen LogP contribution in [-0.4, -0.2) is 30.8 Å². The van der Waals surface area contributed by atoms with Gasteiger partial charge in [-0.3, -0.25) is 4.79 Å². The van der Waals surface area contributed by atoms with Crippen molar-refractivity contribution in [1.29, 1.82) is 0 Å². The van der Waals surface area contributed by atoms with Crippen LogP contribution in [-0.2, 0) is 11.3 Å². The first-order valence-corrected chi connectivity index (χ1v) is 7.90. The normalized spacial score (nSPS) is 13.5. The highest BCUT2D eigenvalue weighted by atomic mass is 16.7. The van der Waals surface area contributed by atoms with Crippen molar-refractivity contribution < 1.29 is 19.0 Å². The zero-order valence-corrected chi connectivity index (χ0v) is 14.1. The lowest BCUT2D eigenvalue weighted by Crippen LogP contribution is -2.37. The van der Waals surface area contributed by atoms with E-state index >= 15 is 0 Å². The van der Waals surface area contributed by atoms with Crippen molar-refractivity contribution in [3.05, 3.63) is 53.6 Å². The van der Waals surface area contributed by atoms with Crippen molar-refractivity contribution in [2.45, 2.75) is 26.5 Å². The van der Waals surface area contributed by atoms with E-state index in [-0.39, 0.29) is 12.7 Å². The van der Waals surface area contributed by atoms with Crippen LogP contribution in [0.3, 0.4) is 0 Å². The molecule has 5 nitrogen and oxygen atoms in total. The molecule has 0 aliphatic carbocycles. The zero-order chi connectivity index (χ0) is 17.1. The van der Waals surface area contributed by atoms with E-state index in [1.54, 1.807) is 18.9 Å². The molecule has 0 spiro atoms. The van der Waals surface area contributed by atoms with Crippen LogP contribution in [0.1, 0.15) is 18.1 Å². The average Bonchev–Trinajstić information content (AvgIpc) is 3.01. The van der Waals surface area contributed by atoms with Gasteiger partial charge in [-0.25, -0.2) is 0 Å². The van der Waals surface area contributed by atoms with Gasteiger partial charge in [0.15, 0.2) is 17.6 Å². The van der Waals surface area contributed by atoms with Crippen molar-refractivity contribution in [3.8, 4) is 17.2 Å². The second-order valence-electron chi connectivity index (χ2n) is 5.96. The molecule has 5 heteroatoms. The van der Waals surface area contributed by atoms with Gasteiger partial charge in [0, 0.05) is 13.6 Å². The van der Waals surface area contributed by atoms with E-state index in [1.807, 2.05) is 49.4 Å². The van der Waals surface area contributed by atoms with Gasteiger partial charge >= 0.3 is 0 Å². The van der Waals surface area contributed by atoms with Crippen LogP contribution in [0.5, 0.6) is 17.2 Å².